The molecule has 2 aliphatic heterocycles. The van der Waals surface area contributed by atoms with Crippen molar-refractivity contribution in [2.24, 2.45) is 0 Å². The van der Waals surface area contributed by atoms with Gasteiger partial charge in [-0.3, -0.25) is 0 Å². The minimum Gasteiger partial charge on any atom is -0.494 e. The Labute approximate surface area is 239 Å². The number of thiazole rings is 1. The Kier molecular flexibility index (Phi) is 6.66. The summed E-state index contributed by atoms with van der Waals surface area (Å²) in [6.45, 7) is 0.192. The number of rotatable bonds is 8. The lowest BCUT2D eigenvalue weighted by Gasteiger charge is -2.38. The van der Waals surface area contributed by atoms with Crippen LogP contribution < -0.4 is 9.64 Å². The molecule has 11 heteroatoms. The predicted octanol–water partition coefficient (Wildman–Crippen LogP) is 6.62. The zero-order valence-electron chi connectivity index (χ0n) is 22.7. The fourth-order valence-corrected chi connectivity index (χ4v) is 7.48. The Hall–Kier alpha value is -3.57. The summed E-state index contributed by atoms with van der Waals surface area (Å²) in [5, 5.41) is 5.00. The summed E-state index contributed by atoms with van der Waals surface area (Å²) < 4.78 is 52.7. The van der Waals surface area contributed by atoms with E-state index < -0.39 is 17.6 Å². The van der Waals surface area contributed by atoms with E-state index in [0.29, 0.717) is 22.6 Å². The average Bonchev–Trinajstić information content (AvgIpc) is 3.50. The van der Waals surface area contributed by atoms with E-state index in [4.69, 9.17) is 23.7 Å². The molecule has 0 amide bonds. The van der Waals surface area contributed by atoms with E-state index in [1.165, 1.54) is 25.3 Å². The molecule has 0 radical (unpaired) electrons. The first kappa shape index (κ1) is 26.3. The van der Waals surface area contributed by atoms with E-state index in [9.17, 15) is 13.6 Å². The van der Waals surface area contributed by atoms with Gasteiger partial charge in [-0.05, 0) is 62.8 Å². The molecule has 2 bridgehead atoms. The van der Waals surface area contributed by atoms with Crippen LogP contribution in [-0.4, -0.2) is 48.5 Å². The number of methoxy groups -OCH3 is 2. The first-order valence-electron chi connectivity index (χ1n) is 13.8. The maximum Gasteiger partial charge on any atom is 0.338 e. The lowest BCUT2D eigenvalue weighted by molar-refractivity contribution is 0.0147. The van der Waals surface area contributed by atoms with Crippen LogP contribution in [0.5, 0.6) is 5.75 Å². The second-order valence-corrected chi connectivity index (χ2v) is 12.0. The summed E-state index contributed by atoms with van der Waals surface area (Å²) in [5.74, 6) is -0.315. The van der Waals surface area contributed by atoms with E-state index in [0.717, 1.165) is 53.9 Å². The summed E-state index contributed by atoms with van der Waals surface area (Å²) in [4.78, 5) is 19.5. The van der Waals surface area contributed by atoms with Crippen LogP contribution in [0, 0.1) is 11.6 Å². The molecule has 0 spiro atoms. The van der Waals surface area contributed by atoms with Gasteiger partial charge in [-0.15, -0.1) is 0 Å². The summed E-state index contributed by atoms with van der Waals surface area (Å²) >= 11 is 1.54. The number of esters is 1. The van der Waals surface area contributed by atoms with Crippen molar-refractivity contribution in [3.05, 3.63) is 58.9 Å². The number of hydrogen-bond acceptors (Lipinski definition) is 9. The molecular weight excluding hydrogens is 552 g/mol. The molecular formula is C30H29F2N3O5S. The summed E-state index contributed by atoms with van der Waals surface area (Å²) in [5.41, 5.74) is 1.82. The third-order valence-corrected chi connectivity index (χ3v) is 9.45. The monoisotopic (exact) mass is 581 g/mol. The predicted molar refractivity (Wildman–Crippen MR) is 148 cm³/mol. The molecule has 4 aromatic rings. The van der Waals surface area contributed by atoms with Crippen LogP contribution in [0.2, 0.25) is 0 Å². The molecule has 2 atom stereocenters. The Morgan fingerprint density at radius 2 is 1.83 bits per heavy atom. The normalized spacial score (nSPS) is 22.0. The lowest BCUT2D eigenvalue weighted by atomic mass is 10.00. The lowest BCUT2D eigenvalue weighted by Crippen LogP contribution is -2.45. The van der Waals surface area contributed by atoms with Crippen molar-refractivity contribution in [2.45, 2.75) is 69.2 Å². The van der Waals surface area contributed by atoms with Crippen molar-refractivity contribution in [1.82, 2.24) is 10.1 Å². The van der Waals surface area contributed by atoms with Crippen LogP contribution in [-0.2, 0) is 16.1 Å². The Bertz CT molecular complexity index is 1600. The molecule has 3 fully saturated rings. The van der Waals surface area contributed by atoms with Crippen molar-refractivity contribution in [1.29, 1.82) is 0 Å². The number of carbonyl (C=O) groups excluding carboxylic acids is 1. The van der Waals surface area contributed by atoms with E-state index in [-0.39, 0.29) is 42.0 Å². The molecule has 2 aromatic carbocycles. The summed E-state index contributed by atoms with van der Waals surface area (Å²) in [6.07, 6.45) is 5.60. The first-order chi connectivity index (χ1) is 19.9. The molecule has 0 unspecified atom stereocenters. The number of carbonyl (C=O) groups is 1. The van der Waals surface area contributed by atoms with Gasteiger partial charge in [0.15, 0.2) is 5.13 Å². The second kappa shape index (κ2) is 10.4. The van der Waals surface area contributed by atoms with Crippen LogP contribution in [0.4, 0.5) is 13.9 Å². The Balaban J connectivity index is 1.11. The van der Waals surface area contributed by atoms with E-state index >= 15 is 0 Å². The van der Waals surface area contributed by atoms with E-state index in [1.807, 2.05) is 0 Å². The topological polar surface area (TPSA) is 86.9 Å². The minimum absolute atomic E-state index is 0.0149. The number of piperidine rings is 1. The maximum atomic E-state index is 14.7. The molecule has 214 valence electrons. The zero-order chi connectivity index (χ0) is 28.2. The van der Waals surface area contributed by atoms with Crippen LogP contribution in [0.25, 0.3) is 21.5 Å². The van der Waals surface area contributed by atoms with Gasteiger partial charge in [-0.2, -0.15) is 0 Å². The number of hydrogen-bond donors (Lipinski definition) is 0. The van der Waals surface area contributed by atoms with Gasteiger partial charge in [-0.1, -0.05) is 22.6 Å². The minimum atomic E-state index is -0.667. The van der Waals surface area contributed by atoms with Gasteiger partial charge in [-0.25, -0.2) is 18.6 Å². The highest BCUT2D eigenvalue weighted by Gasteiger charge is 2.43. The molecule has 3 aliphatic rings. The standard InChI is InChI=1S/C30H29F2N3O5S/c1-37-23-10-16(29(36)38-2)11-24-27(23)33-30(41-24)35-17-8-9-18(35)13-19(12-17)39-14-20-26(34-40-28(20)15-6-7-15)25-21(31)4-3-5-22(25)32/h3-5,10-11,15,17-19H,6-9,12-14H2,1-2H3/t17-,18-/m0/s1. The van der Waals surface area contributed by atoms with Gasteiger partial charge in [0.25, 0.3) is 0 Å². The van der Waals surface area contributed by atoms with Crippen LogP contribution in [0.3, 0.4) is 0 Å². The van der Waals surface area contributed by atoms with Gasteiger partial charge < -0.3 is 23.6 Å². The van der Waals surface area contributed by atoms with E-state index in [2.05, 4.69) is 10.1 Å². The van der Waals surface area contributed by atoms with Gasteiger partial charge in [0.2, 0.25) is 0 Å². The second-order valence-electron chi connectivity index (χ2n) is 11.0. The number of aromatic nitrogens is 2. The summed E-state index contributed by atoms with van der Waals surface area (Å²) in [6, 6.07) is 7.77. The quantitative estimate of drug-likeness (QED) is 0.215. The first-order valence-corrected chi connectivity index (χ1v) is 14.7. The average molecular weight is 582 g/mol. The van der Waals surface area contributed by atoms with Gasteiger partial charge in [0.1, 0.15) is 34.4 Å². The highest BCUT2D eigenvalue weighted by molar-refractivity contribution is 7.22. The Morgan fingerprint density at radius 3 is 2.49 bits per heavy atom. The van der Waals surface area contributed by atoms with E-state index in [1.54, 1.807) is 30.6 Å². The molecule has 0 N–H and O–H groups in total. The maximum absolute atomic E-state index is 14.7. The van der Waals surface area contributed by atoms with Gasteiger partial charge in [0, 0.05) is 23.6 Å². The van der Waals surface area contributed by atoms with Gasteiger partial charge >= 0.3 is 5.97 Å². The number of ether oxygens (including phenoxy) is 3. The zero-order valence-corrected chi connectivity index (χ0v) is 23.5. The van der Waals surface area contributed by atoms with Crippen LogP contribution >= 0.6 is 11.3 Å². The fourth-order valence-electron chi connectivity index (χ4n) is 6.31. The summed E-state index contributed by atoms with van der Waals surface area (Å²) in [7, 11) is 2.92. The largest absolute Gasteiger partial charge is 0.494 e. The van der Waals surface area contributed by atoms with Gasteiger partial charge in [0.05, 0.1) is 42.8 Å². The molecule has 2 saturated heterocycles. The third kappa shape index (κ3) is 4.64. The number of anilines is 1. The molecule has 41 heavy (non-hydrogen) atoms. The highest BCUT2D eigenvalue weighted by Crippen LogP contribution is 2.47. The number of halogens is 2. The number of benzene rings is 2. The molecule has 1 saturated carbocycles. The van der Waals surface area contributed by atoms with Crippen molar-refractivity contribution >= 4 is 32.7 Å². The van der Waals surface area contributed by atoms with Crippen LogP contribution in [0.15, 0.2) is 34.9 Å². The smallest absolute Gasteiger partial charge is 0.338 e. The molecule has 4 heterocycles. The Morgan fingerprint density at radius 1 is 1.10 bits per heavy atom. The number of fused-ring (bicyclic) bond motifs is 3. The van der Waals surface area contributed by atoms with Crippen molar-refractivity contribution in [3.8, 4) is 17.0 Å². The fraction of sp³-hybridized carbons (Fsp3) is 0.433. The molecule has 8 nitrogen and oxygen atoms in total. The van der Waals surface area contributed by atoms with Crippen molar-refractivity contribution in [3.63, 3.8) is 0 Å². The highest BCUT2D eigenvalue weighted by atomic mass is 32.1. The molecule has 2 aromatic heterocycles. The number of nitrogens with zero attached hydrogens (tertiary/aromatic N) is 3. The SMILES string of the molecule is COC(=O)c1cc(OC)c2nc(N3[C@H]4CC[C@H]3CC(OCc3c(-c5c(F)cccc5F)noc3C3CC3)C4)sc2c1. The molecule has 1 aliphatic carbocycles. The van der Waals surface area contributed by atoms with Crippen molar-refractivity contribution in [2.75, 3.05) is 19.1 Å². The molecule has 7 rings (SSSR count). The third-order valence-electron chi connectivity index (χ3n) is 8.43. The van der Waals surface area contributed by atoms with Crippen molar-refractivity contribution < 1.29 is 32.3 Å². The van der Waals surface area contributed by atoms with Crippen LogP contribution in [0.1, 0.15) is 66.1 Å².